The maximum Gasteiger partial charge on any atom is 0.324 e. The topological polar surface area (TPSA) is 88.9 Å². The van der Waals surface area contributed by atoms with Crippen molar-refractivity contribution in [3.63, 3.8) is 0 Å². The zero-order chi connectivity index (χ0) is 27.3. The van der Waals surface area contributed by atoms with Crippen molar-refractivity contribution in [1.82, 2.24) is 10.1 Å². The summed E-state index contributed by atoms with van der Waals surface area (Å²) < 4.78 is 16.6. The van der Waals surface area contributed by atoms with Gasteiger partial charge >= 0.3 is 6.03 Å². The monoisotopic (exact) mass is 528 g/mol. The van der Waals surface area contributed by atoms with Crippen LogP contribution in [0.25, 0.3) is 0 Å². The molecule has 1 aromatic heterocycles. The number of hydrogen-bond acceptors (Lipinski definition) is 6. The molecular weight excluding hydrogens is 492 g/mol. The molecule has 0 radical (unpaired) electrons. The molecule has 2 aliphatic heterocycles. The van der Waals surface area contributed by atoms with Gasteiger partial charge in [-0.05, 0) is 67.9 Å². The van der Waals surface area contributed by atoms with Gasteiger partial charge in [0.15, 0.2) is 5.82 Å². The van der Waals surface area contributed by atoms with Gasteiger partial charge in [0.2, 0.25) is 0 Å². The number of benzene rings is 2. The van der Waals surface area contributed by atoms with Crippen molar-refractivity contribution in [2.24, 2.45) is 5.41 Å². The van der Waals surface area contributed by atoms with Crippen LogP contribution < -0.4 is 15.4 Å². The summed E-state index contributed by atoms with van der Waals surface area (Å²) >= 11 is 0. The Bertz CT molecular complexity index is 1330. The minimum absolute atomic E-state index is 0.181. The maximum absolute atomic E-state index is 12.3. The van der Waals surface area contributed by atoms with Gasteiger partial charge in [-0.2, -0.15) is 0 Å². The number of amides is 2. The van der Waals surface area contributed by atoms with Gasteiger partial charge in [-0.15, -0.1) is 0 Å². The number of likely N-dealkylation sites (tertiary alicyclic amines) is 1. The first kappa shape index (κ1) is 26.8. The smallest absolute Gasteiger partial charge is 0.324 e. The molecule has 0 unspecified atom stereocenters. The van der Waals surface area contributed by atoms with E-state index in [0.717, 1.165) is 49.6 Å². The van der Waals surface area contributed by atoms with Crippen molar-refractivity contribution >= 4 is 17.5 Å². The zero-order valence-electron chi connectivity index (χ0n) is 22.9. The van der Waals surface area contributed by atoms with Crippen molar-refractivity contribution in [3.8, 4) is 17.6 Å². The van der Waals surface area contributed by atoms with E-state index in [2.05, 4.69) is 32.5 Å². The quantitative estimate of drug-likeness (QED) is 0.311. The van der Waals surface area contributed by atoms with Gasteiger partial charge in [0.1, 0.15) is 11.5 Å². The Balaban J connectivity index is 1.04. The fraction of sp³-hybridized carbons (Fsp3) is 0.419. The standard InChI is InChI=1S/C31H36N4O4/c1-30(2,3)27-19-28(34-39-27)33-29(36)32-25-11-7-23(8-12-25)5-6-24-9-13-26(14-10-24)38-18-4-16-35-17-15-31(20-35)21-37-22-31/h7-14,19H,4,15-18,20-22H2,1-3H3,(H2,32,33,34,36). The van der Waals surface area contributed by atoms with Crippen LogP contribution in [0.2, 0.25) is 0 Å². The van der Waals surface area contributed by atoms with Crippen LogP contribution in [0.5, 0.6) is 5.75 Å². The van der Waals surface area contributed by atoms with Crippen LogP contribution in [0.1, 0.15) is 50.5 Å². The van der Waals surface area contributed by atoms with Gasteiger partial charge < -0.3 is 24.2 Å². The Kier molecular flexibility index (Phi) is 7.92. The van der Waals surface area contributed by atoms with E-state index in [1.807, 2.05) is 69.3 Å². The minimum atomic E-state index is -0.391. The molecule has 0 bridgehead atoms. The summed E-state index contributed by atoms with van der Waals surface area (Å²) in [5.41, 5.74) is 2.68. The average molecular weight is 529 g/mol. The molecular formula is C31H36N4O4. The van der Waals surface area contributed by atoms with E-state index in [9.17, 15) is 4.79 Å². The van der Waals surface area contributed by atoms with Crippen LogP contribution in [0.3, 0.4) is 0 Å². The third kappa shape index (κ3) is 7.20. The van der Waals surface area contributed by atoms with Crippen molar-refractivity contribution in [2.45, 2.75) is 39.0 Å². The van der Waals surface area contributed by atoms with Crippen molar-refractivity contribution in [1.29, 1.82) is 0 Å². The Labute approximate surface area is 230 Å². The van der Waals surface area contributed by atoms with E-state index in [-0.39, 0.29) is 5.41 Å². The molecule has 8 nitrogen and oxygen atoms in total. The second-order valence-electron chi connectivity index (χ2n) is 11.5. The molecule has 3 aromatic rings. The van der Waals surface area contributed by atoms with Gasteiger partial charge in [0.25, 0.3) is 0 Å². The van der Waals surface area contributed by atoms with E-state index < -0.39 is 6.03 Å². The first-order chi connectivity index (χ1) is 18.8. The minimum Gasteiger partial charge on any atom is -0.494 e. The third-order valence-corrected chi connectivity index (χ3v) is 7.06. The maximum atomic E-state index is 12.3. The summed E-state index contributed by atoms with van der Waals surface area (Å²) in [7, 11) is 0. The highest BCUT2D eigenvalue weighted by molar-refractivity contribution is 5.99. The lowest BCUT2D eigenvalue weighted by Crippen LogP contribution is -2.44. The van der Waals surface area contributed by atoms with Crippen LogP contribution in [0.15, 0.2) is 59.1 Å². The molecule has 0 saturated carbocycles. The largest absolute Gasteiger partial charge is 0.494 e. The number of nitrogens with one attached hydrogen (secondary N) is 2. The second-order valence-corrected chi connectivity index (χ2v) is 11.5. The third-order valence-electron chi connectivity index (χ3n) is 7.06. The molecule has 2 fully saturated rings. The molecule has 204 valence electrons. The summed E-state index contributed by atoms with van der Waals surface area (Å²) in [4.78, 5) is 14.8. The number of carbonyl (C=O) groups excluding carboxylic acids is 1. The number of anilines is 2. The normalized spacial score (nSPS) is 16.3. The molecule has 0 aliphatic carbocycles. The highest BCUT2D eigenvalue weighted by Gasteiger charge is 2.43. The van der Waals surface area contributed by atoms with E-state index in [1.165, 1.54) is 13.0 Å². The highest BCUT2D eigenvalue weighted by atomic mass is 16.5. The molecule has 1 spiro atoms. The van der Waals surface area contributed by atoms with E-state index in [1.54, 1.807) is 6.07 Å². The molecule has 39 heavy (non-hydrogen) atoms. The first-order valence-electron chi connectivity index (χ1n) is 13.5. The Morgan fingerprint density at radius 1 is 1.05 bits per heavy atom. The molecule has 2 aliphatic rings. The number of rotatable bonds is 7. The van der Waals surface area contributed by atoms with E-state index in [0.29, 0.717) is 29.3 Å². The first-order valence-corrected chi connectivity index (χ1v) is 13.5. The molecule has 3 heterocycles. The molecule has 2 saturated heterocycles. The van der Waals surface area contributed by atoms with Crippen LogP contribution in [-0.4, -0.2) is 55.5 Å². The molecule has 8 heteroatoms. The molecule has 2 aromatic carbocycles. The van der Waals surface area contributed by atoms with Gasteiger partial charge in [-0.25, -0.2) is 4.79 Å². The fourth-order valence-electron chi connectivity index (χ4n) is 4.71. The van der Waals surface area contributed by atoms with E-state index in [4.69, 9.17) is 14.0 Å². The number of ether oxygens (including phenoxy) is 2. The van der Waals surface area contributed by atoms with Gasteiger partial charge in [-0.1, -0.05) is 37.8 Å². The Morgan fingerprint density at radius 3 is 2.33 bits per heavy atom. The van der Waals surface area contributed by atoms with Gasteiger partial charge in [0, 0.05) is 46.8 Å². The highest BCUT2D eigenvalue weighted by Crippen LogP contribution is 2.37. The number of carbonyl (C=O) groups is 1. The number of urea groups is 1. The van der Waals surface area contributed by atoms with Crippen LogP contribution in [-0.2, 0) is 10.2 Å². The van der Waals surface area contributed by atoms with Crippen molar-refractivity contribution in [3.05, 3.63) is 71.5 Å². The summed E-state index contributed by atoms with van der Waals surface area (Å²) in [5, 5.41) is 9.38. The van der Waals surface area contributed by atoms with Crippen molar-refractivity contribution in [2.75, 3.05) is 50.1 Å². The SMILES string of the molecule is CC(C)(C)c1cc(NC(=O)Nc2ccc(C#Cc3ccc(OCCCN4CCC5(COC5)C4)cc3)cc2)no1. The molecule has 2 N–H and O–H groups in total. The van der Waals surface area contributed by atoms with Crippen molar-refractivity contribution < 1.29 is 18.8 Å². The summed E-state index contributed by atoms with van der Waals surface area (Å²) in [6.07, 6.45) is 2.28. The number of aromatic nitrogens is 1. The van der Waals surface area contributed by atoms with Gasteiger partial charge in [-0.3, -0.25) is 5.32 Å². The molecule has 0 atom stereocenters. The number of hydrogen-bond donors (Lipinski definition) is 2. The second kappa shape index (κ2) is 11.5. The van der Waals surface area contributed by atoms with E-state index >= 15 is 0 Å². The fourth-order valence-corrected chi connectivity index (χ4v) is 4.71. The number of nitrogens with zero attached hydrogens (tertiary/aromatic N) is 2. The lowest BCUT2D eigenvalue weighted by Gasteiger charge is -2.37. The molecule has 2 amide bonds. The van der Waals surface area contributed by atoms with Crippen LogP contribution in [0, 0.1) is 17.3 Å². The predicted octanol–water partition coefficient (Wildman–Crippen LogP) is 5.51. The lowest BCUT2D eigenvalue weighted by molar-refractivity contribution is -0.105. The summed E-state index contributed by atoms with van der Waals surface area (Å²) in [6, 6.07) is 16.6. The average Bonchev–Trinajstić information content (AvgIpc) is 3.55. The van der Waals surface area contributed by atoms with Gasteiger partial charge in [0.05, 0.1) is 19.8 Å². The Morgan fingerprint density at radius 2 is 1.74 bits per heavy atom. The van der Waals surface area contributed by atoms with Crippen LogP contribution >= 0.6 is 0 Å². The van der Waals surface area contributed by atoms with Crippen LogP contribution in [0.4, 0.5) is 16.3 Å². The summed E-state index contributed by atoms with van der Waals surface area (Å²) in [5.74, 6) is 8.27. The Hall–Kier alpha value is -3.80. The molecule has 5 rings (SSSR count). The predicted molar refractivity (Wildman–Crippen MR) is 151 cm³/mol. The lowest BCUT2D eigenvalue weighted by atomic mass is 9.85. The zero-order valence-corrected chi connectivity index (χ0v) is 22.9. The summed E-state index contributed by atoms with van der Waals surface area (Å²) in [6.45, 7) is 12.0.